The van der Waals surface area contributed by atoms with E-state index in [-0.39, 0.29) is 12.1 Å². The second-order valence-electron chi connectivity index (χ2n) is 6.32. The van der Waals surface area contributed by atoms with E-state index in [9.17, 15) is 9.69 Å². The van der Waals surface area contributed by atoms with Crippen molar-refractivity contribution in [2.24, 2.45) is 5.73 Å². The molecule has 0 aliphatic rings. The summed E-state index contributed by atoms with van der Waals surface area (Å²) in [6, 6.07) is 0. The van der Waals surface area contributed by atoms with Gasteiger partial charge in [0.05, 0.1) is 14.7 Å². The zero-order valence-corrected chi connectivity index (χ0v) is 15.6. The highest BCUT2D eigenvalue weighted by molar-refractivity contribution is 7.69. The molecule has 1 atom stereocenters. The van der Waals surface area contributed by atoms with E-state index in [0.29, 0.717) is 6.16 Å². The lowest BCUT2D eigenvalue weighted by Gasteiger charge is -2.07. The van der Waals surface area contributed by atoms with Crippen molar-refractivity contribution in [2.45, 2.75) is 96.8 Å². The molecule has 0 fully saturated rings. The minimum absolute atomic E-state index is 0.0131. The third-order valence-corrected chi connectivity index (χ3v) is 5.68. The van der Waals surface area contributed by atoms with Gasteiger partial charge in [0.1, 0.15) is 0 Å². The molecule has 132 valence electrons. The van der Waals surface area contributed by atoms with Gasteiger partial charge in [0.25, 0.3) is 0 Å². The van der Waals surface area contributed by atoms with Crippen LogP contribution in [0.1, 0.15) is 96.8 Å². The summed E-state index contributed by atoms with van der Waals surface area (Å²) in [6.07, 6.45) is 19.2. The van der Waals surface area contributed by atoms with Crippen molar-refractivity contribution in [3.05, 3.63) is 0 Å². The zero-order valence-electron chi connectivity index (χ0n) is 14.7. The lowest BCUT2D eigenvalue weighted by atomic mass is 10.0. The van der Waals surface area contributed by atoms with E-state index in [1.165, 1.54) is 77.0 Å². The maximum Gasteiger partial charge on any atom is 0.194 e. The molecule has 4 heteroatoms. The second kappa shape index (κ2) is 17.4. The summed E-state index contributed by atoms with van der Waals surface area (Å²) in [5.41, 5.74) is 5.07. The molecule has 22 heavy (non-hydrogen) atoms. The lowest BCUT2D eigenvalue weighted by Crippen LogP contribution is -2.12. The van der Waals surface area contributed by atoms with Crippen LogP contribution in [-0.4, -0.2) is 23.1 Å². The average molecular weight is 331 g/mol. The molecule has 0 aromatic heterocycles. The van der Waals surface area contributed by atoms with Gasteiger partial charge in [0.2, 0.25) is 0 Å². The summed E-state index contributed by atoms with van der Waals surface area (Å²) in [5, 5.41) is 0. The summed E-state index contributed by atoms with van der Waals surface area (Å²) in [4.78, 5) is 20.7. The number of unbranched alkanes of at least 4 members (excludes halogenated alkanes) is 13. The van der Waals surface area contributed by atoms with Crippen LogP contribution in [-0.2, 0) is 4.79 Å². The standard InChI is InChI=1S/C18H38NO2P/c1-2-3-4-5-6-7-8-9-10-11-12-13-14-15-16-22(21)18(20)17-19/h21H,2-17,19H2,1H3. The molecule has 0 aromatic carbocycles. The molecule has 0 aromatic rings. The number of hydrogen-bond acceptors (Lipinski definition) is 3. The number of carbonyl (C=O) groups excluding carboxylic acids is 1. The van der Waals surface area contributed by atoms with Crippen molar-refractivity contribution in [3.8, 4) is 0 Å². The van der Waals surface area contributed by atoms with Gasteiger partial charge < -0.3 is 10.6 Å². The maximum atomic E-state index is 11.1. The quantitative estimate of drug-likeness (QED) is 0.279. The minimum atomic E-state index is -1.45. The molecule has 0 rings (SSSR count). The maximum absolute atomic E-state index is 11.1. The van der Waals surface area contributed by atoms with Gasteiger partial charge >= 0.3 is 0 Å². The molecule has 0 aliphatic carbocycles. The highest BCUT2D eigenvalue weighted by atomic mass is 31.1. The molecular formula is C18H38NO2P. The highest BCUT2D eigenvalue weighted by Gasteiger charge is 2.12. The van der Waals surface area contributed by atoms with Crippen LogP contribution in [0, 0.1) is 0 Å². The van der Waals surface area contributed by atoms with Crippen molar-refractivity contribution >= 4 is 13.7 Å². The third-order valence-electron chi connectivity index (χ3n) is 4.19. The van der Waals surface area contributed by atoms with Crippen LogP contribution >= 0.6 is 8.15 Å². The van der Waals surface area contributed by atoms with Gasteiger partial charge in [-0.1, -0.05) is 90.4 Å². The first-order valence-electron chi connectivity index (χ1n) is 9.41. The summed E-state index contributed by atoms with van der Waals surface area (Å²) >= 11 is 0. The van der Waals surface area contributed by atoms with Crippen molar-refractivity contribution in [3.63, 3.8) is 0 Å². The van der Waals surface area contributed by atoms with E-state index in [2.05, 4.69) is 6.92 Å². The Kier molecular flexibility index (Phi) is 17.4. The second-order valence-corrected chi connectivity index (χ2v) is 8.06. The fourth-order valence-corrected chi connectivity index (χ4v) is 3.67. The van der Waals surface area contributed by atoms with E-state index in [1.54, 1.807) is 0 Å². The molecule has 0 radical (unpaired) electrons. The zero-order chi connectivity index (χ0) is 16.5. The van der Waals surface area contributed by atoms with Crippen LogP contribution in [0.2, 0.25) is 0 Å². The number of nitrogens with two attached hydrogens (primary N) is 1. The SMILES string of the molecule is CCCCCCCCCCCCCCCCP(O)C(=O)CN. The third kappa shape index (κ3) is 14.9. The molecule has 0 spiro atoms. The van der Waals surface area contributed by atoms with Gasteiger partial charge in [0.15, 0.2) is 5.52 Å². The molecule has 0 aliphatic heterocycles. The van der Waals surface area contributed by atoms with Gasteiger partial charge in [-0.25, -0.2) is 0 Å². The summed E-state index contributed by atoms with van der Waals surface area (Å²) < 4.78 is 0. The van der Waals surface area contributed by atoms with Gasteiger partial charge in [-0.05, 0) is 12.6 Å². The topological polar surface area (TPSA) is 63.3 Å². The molecule has 0 saturated carbocycles. The Bertz CT molecular complexity index is 249. The number of hydrogen-bond donors (Lipinski definition) is 2. The molecular weight excluding hydrogens is 293 g/mol. The van der Waals surface area contributed by atoms with Gasteiger partial charge in [-0.3, -0.25) is 4.79 Å². The largest absolute Gasteiger partial charge is 0.366 e. The van der Waals surface area contributed by atoms with Crippen molar-refractivity contribution in [1.82, 2.24) is 0 Å². The Labute approximate surface area is 139 Å². The van der Waals surface area contributed by atoms with Crippen molar-refractivity contribution in [1.29, 1.82) is 0 Å². The van der Waals surface area contributed by atoms with Crippen LogP contribution in [0.25, 0.3) is 0 Å². The Balaban J connectivity index is 3.10. The van der Waals surface area contributed by atoms with Crippen molar-refractivity contribution in [2.75, 3.05) is 12.7 Å². The Morgan fingerprint density at radius 3 is 1.50 bits per heavy atom. The summed E-state index contributed by atoms with van der Waals surface area (Å²) in [6.45, 7) is 2.25. The molecule has 3 nitrogen and oxygen atoms in total. The number of carbonyl (C=O) groups is 1. The van der Waals surface area contributed by atoms with E-state index in [1.807, 2.05) is 0 Å². The molecule has 0 heterocycles. The van der Waals surface area contributed by atoms with E-state index in [4.69, 9.17) is 5.73 Å². The van der Waals surface area contributed by atoms with Gasteiger partial charge in [-0.15, -0.1) is 0 Å². The van der Waals surface area contributed by atoms with Crippen LogP contribution < -0.4 is 5.73 Å². The van der Waals surface area contributed by atoms with E-state index < -0.39 is 8.15 Å². The normalized spacial score (nSPS) is 12.5. The minimum Gasteiger partial charge on any atom is -0.366 e. The smallest absolute Gasteiger partial charge is 0.194 e. The first-order valence-corrected chi connectivity index (χ1v) is 10.9. The van der Waals surface area contributed by atoms with Gasteiger partial charge in [0, 0.05) is 0 Å². The average Bonchev–Trinajstić information content (AvgIpc) is 2.54. The monoisotopic (exact) mass is 331 g/mol. The molecule has 0 saturated heterocycles. The van der Waals surface area contributed by atoms with Crippen LogP contribution in [0.15, 0.2) is 0 Å². The Morgan fingerprint density at radius 2 is 1.14 bits per heavy atom. The Hall–Kier alpha value is 0.0200. The van der Waals surface area contributed by atoms with Crippen LogP contribution in [0.3, 0.4) is 0 Å². The van der Waals surface area contributed by atoms with E-state index >= 15 is 0 Å². The summed E-state index contributed by atoms with van der Waals surface area (Å²) in [5.74, 6) is 0. The van der Waals surface area contributed by atoms with Crippen LogP contribution in [0.5, 0.6) is 0 Å². The summed E-state index contributed by atoms with van der Waals surface area (Å²) in [7, 11) is -1.45. The number of rotatable bonds is 17. The van der Waals surface area contributed by atoms with Gasteiger partial charge in [-0.2, -0.15) is 0 Å². The van der Waals surface area contributed by atoms with Crippen molar-refractivity contribution < 1.29 is 9.69 Å². The predicted molar refractivity (Wildman–Crippen MR) is 98.4 cm³/mol. The molecule has 0 amide bonds. The highest BCUT2D eigenvalue weighted by Crippen LogP contribution is 2.31. The van der Waals surface area contributed by atoms with Crippen LogP contribution in [0.4, 0.5) is 0 Å². The fraction of sp³-hybridized carbons (Fsp3) is 0.944. The fourth-order valence-electron chi connectivity index (χ4n) is 2.69. The predicted octanol–water partition coefficient (Wildman–Crippen LogP) is 5.34. The first kappa shape index (κ1) is 22.0. The lowest BCUT2D eigenvalue weighted by molar-refractivity contribution is -0.110. The molecule has 3 N–H and O–H groups in total. The molecule has 1 unspecified atom stereocenters. The molecule has 0 bridgehead atoms. The van der Waals surface area contributed by atoms with E-state index in [0.717, 1.165) is 12.8 Å². The first-order chi connectivity index (χ1) is 10.7. The Morgan fingerprint density at radius 1 is 0.773 bits per heavy atom.